The molecule has 7 heteroatoms. The number of hydrogen-bond acceptors (Lipinski definition) is 3. The van der Waals surface area contributed by atoms with Crippen molar-refractivity contribution < 1.29 is 23.1 Å². The number of benzene rings is 1. The minimum atomic E-state index is -2.90. The van der Waals surface area contributed by atoms with Gasteiger partial charge in [0.2, 0.25) is 5.91 Å². The molecule has 142 valence electrons. The van der Waals surface area contributed by atoms with Gasteiger partial charge in [-0.1, -0.05) is 0 Å². The van der Waals surface area contributed by atoms with E-state index in [-0.39, 0.29) is 23.5 Å². The summed E-state index contributed by atoms with van der Waals surface area (Å²) in [4.78, 5) is 28.9. The van der Waals surface area contributed by atoms with Crippen LogP contribution in [0.1, 0.15) is 40.7 Å². The summed E-state index contributed by atoms with van der Waals surface area (Å²) in [7, 11) is 0. The molecule has 0 bridgehead atoms. The molecule has 3 rings (SSSR count). The normalized spacial score (nSPS) is 20.1. The molecule has 2 aliphatic rings. The van der Waals surface area contributed by atoms with E-state index in [1.807, 2.05) is 4.90 Å². The molecule has 1 aromatic carbocycles. The predicted molar refractivity (Wildman–Crippen MR) is 92.4 cm³/mol. The van der Waals surface area contributed by atoms with Crippen molar-refractivity contribution in [3.8, 4) is 5.75 Å². The molecule has 0 aromatic heterocycles. The Bertz CT molecular complexity index is 679. The van der Waals surface area contributed by atoms with Crippen molar-refractivity contribution >= 4 is 11.8 Å². The smallest absolute Gasteiger partial charge is 0.387 e. The van der Waals surface area contributed by atoms with Crippen LogP contribution in [0.4, 0.5) is 8.78 Å². The fourth-order valence-electron chi connectivity index (χ4n) is 3.87. The first-order chi connectivity index (χ1) is 12.4. The van der Waals surface area contributed by atoms with Crippen LogP contribution in [0.15, 0.2) is 12.1 Å². The summed E-state index contributed by atoms with van der Waals surface area (Å²) in [5, 5.41) is 0. The molecule has 0 aliphatic carbocycles. The quantitative estimate of drug-likeness (QED) is 0.823. The van der Waals surface area contributed by atoms with E-state index in [4.69, 9.17) is 0 Å². The molecule has 5 nitrogen and oxygen atoms in total. The summed E-state index contributed by atoms with van der Waals surface area (Å²) in [6.45, 7) is 2.97. The molecule has 26 heavy (non-hydrogen) atoms. The Labute approximate surface area is 151 Å². The van der Waals surface area contributed by atoms with Crippen molar-refractivity contribution in [1.29, 1.82) is 0 Å². The molecule has 2 aliphatic heterocycles. The zero-order valence-electron chi connectivity index (χ0n) is 15.1. The van der Waals surface area contributed by atoms with E-state index in [0.29, 0.717) is 36.2 Å². The molecular formula is C19H24F2N2O3. The van der Waals surface area contributed by atoms with Crippen molar-refractivity contribution in [3.63, 3.8) is 0 Å². The second-order valence-electron chi connectivity index (χ2n) is 7.09. The number of halogens is 2. The van der Waals surface area contributed by atoms with Gasteiger partial charge in [-0.3, -0.25) is 9.59 Å². The van der Waals surface area contributed by atoms with Crippen LogP contribution in [0.25, 0.3) is 0 Å². The van der Waals surface area contributed by atoms with Gasteiger partial charge < -0.3 is 14.5 Å². The predicted octanol–water partition coefficient (Wildman–Crippen LogP) is 2.99. The van der Waals surface area contributed by atoms with Gasteiger partial charge in [0, 0.05) is 31.7 Å². The van der Waals surface area contributed by atoms with Gasteiger partial charge >= 0.3 is 6.61 Å². The molecule has 0 radical (unpaired) electrons. The van der Waals surface area contributed by atoms with E-state index >= 15 is 0 Å². The second-order valence-corrected chi connectivity index (χ2v) is 7.09. The summed E-state index contributed by atoms with van der Waals surface area (Å²) in [6.07, 6.45) is 2.77. The van der Waals surface area contributed by atoms with Gasteiger partial charge in [0.15, 0.2) is 0 Å². The van der Waals surface area contributed by atoms with Crippen LogP contribution in [0, 0.1) is 19.8 Å². The van der Waals surface area contributed by atoms with E-state index in [1.54, 1.807) is 30.9 Å². The first kappa shape index (κ1) is 18.6. The first-order valence-electron chi connectivity index (χ1n) is 9.01. The minimum Gasteiger partial charge on any atom is -0.434 e. The zero-order chi connectivity index (χ0) is 18.8. The maximum absolute atomic E-state index is 12.8. The molecule has 2 heterocycles. The Morgan fingerprint density at radius 3 is 2.27 bits per heavy atom. The molecule has 2 saturated heterocycles. The van der Waals surface area contributed by atoms with Crippen LogP contribution >= 0.6 is 0 Å². The topological polar surface area (TPSA) is 49.9 Å². The molecule has 1 unspecified atom stereocenters. The molecule has 2 fully saturated rings. The number of alkyl halides is 2. The fraction of sp³-hybridized carbons (Fsp3) is 0.579. The van der Waals surface area contributed by atoms with Crippen LogP contribution in [-0.4, -0.2) is 54.4 Å². The molecule has 1 atom stereocenters. The highest BCUT2D eigenvalue weighted by Crippen LogP contribution is 2.28. The van der Waals surface area contributed by atoms with E-state index in [9.17, 15) is 18.4 Å². The van der Waals surface area contributed by atoms with Gasteiger partial charge in [-0.05, 0) is 56.4 Å². The average Bonchev–Trinajstić information content (AvgIpc) is 3.27. The minimum absolute atomic E-state index is 0.111. The molecule has 0 N–H and O–H groups in total. The molecule has 0 spiro atoms. The number of aryl methyl sites for hydroxylation is 2. The Morgan fingerprint density at radius 1 is 1.08 bits per heavy atom. The fourth-order valence-corrected chi connectivity index (χ4v) is 3.87. The lowest BCUT2D eigenvalue weighted by atomic mass is 10.0. The lowest BCUT2D eigenvalue weighted by Crippen LogP contribution is -2.36. The lowest BCUT2D eigenvalue weighted by Gasteiger charge is -2.21. The average molecular weight is 366 g/mol. The van der Waals surface area contributed by atoms with Crippen molar-refractivity contribution in [3.05, 3.63) is 28.8 Å². The van der Waals surface area contributed by atoms with Crippen LogP contribution < -0.4 is 4.74 Å². The Morgan fingerprint density at radius 2 is 1.69 bits per heavy atom. The van der Waals surface area contributed by atoms with Gasteiger partial charge in [-0.2, -0.15) is 8.78 Å². The molecule has 0 saturated carbocycles. The van der Waals surface area contributed by atoms with Crippen molar-refractivity contribution in [2.45, 2.75) is 39.7 Å². The third kappa shape index (κ3) is 3.81. The van der Waals surface area contributed by atoms with Crippen LogP contribution in [0.3, 0.4) is 0 Å². The summed E-state index contributed by atoms with van der Waals surface area (Å²) in [6, 6.07) is 3.14. The highest BCUT2D eigenvalue weighted by Gasteiger charge is 2.34. The molecule has 2 amide bonds. The van der Waals surface area contributed by atoms with Gasteiger partial charge in [0.1, 0.15) is 5.75 Å². The SMILES string of the molecule is Cc1cc(C(=O)N2CCC(C(=O)N3CCCC3)C2)cc(C)c1OC(F)F. The van der Waals surface area contributed by atoms with Gasteiger partial charge in [0.25, 0.3) is 5.91 Å². The number of ether oxygens (including phenoxy) is 1. The number of hydrogen-bond donors (Lipinski definition) is 0. The van der Waals surface area contributed by atoms with Crippen molar-refractivity contribution in [2.24, 2.45) is 5.92 Å². The van der Waals surface area contributed by atoms with Gasteiger partial charge in [0.05, 0.1) is 5.92 Å². The van der Waals surface area contributed by atoms with E-state index in [0.717, 1.165) is 25.9 Å². The second kappa shape index (κ2) is 7.60. The van der Waals surface area contributed by atoms with Crippen LogP contribution in [-0.2, 0) is 4.79 Å². The monoisotopic (exact) mass is 366 g/mol. The lowest BCUT2D eigenvalue weighted by molar-refractivity contribution is -0.133. The number of nitrogens with zero attached hydrogens (tertiary/aromatic N) is 2. The number of amides is 2. The Hall–Kier alpha value is -2.18. The zero-order valence-corrected chi connectivity index (χ0v) is 15.1. The van der Waals surface area contributed by atoms with E-state index in [1.165, 1.54) is 0 Å². The number of carbonyl (C=O) groups excluding carboxylic acids is 2. The number of carbonyl (C=O) groups is 2. The summed E-state index contributed by atoms with van der Waals surface area (Å²) < 4.78 is 29.5. The standard InChI is InChI=1S/C19H24F2N2O3/c1-12-9-15(10-13(2)16(12)26-19(20)21)18(25)23-8-5-14(11-23)17(24)22-6-3-4-7-22/h9-10,14,19H,3-8,11H2,1-2H3. The number of rotatable bonds is 4. The maximum Gasteiger partial charge on any atom is 0.387 e. The van der Waals surface area contributed by atoms with Crippen molar-refractivity contribution in [2.75, 3.05) is 26.2 Å². The third-order valence-electron chi connectivity index (χ3n) is 5.16. The molecule has 1 aromatic rings. The Balaban J connectivity index is 1.69. The van der Waals surface area contributed by atoms with E-state index < -0.39 is 6.61 Å². The van der Waals surface area contributed by atoms with Crippen molar-refractivity contribution in [1.82, 2.24) is 9.80 Å². The third-order valence-corrected chi connectivity index (χ3v) is 5.16. The van der Waals surface area contributed by atoms with Gasteiger partial charge in [-0.25, -0.2) is 0 Å². The van der Waals surface area contributed by atoms with E-state index in [2.05, 4.69) is 4.74 Å². The summed E-state index contributed by atoms with van der Waals surface area (Å²) >= 11 is 0. The highest BCUT2D eigenvalue weighted by molar-refractivity contribution is 5.95. The largest absolute Gasteiger partial charge is 0.434 e. The van der Waals surface area contributed by atoms with Gasteiger partial charge in [-0.15, -0.1) is 0 Å². The summed E-state index contributed by atoms with van der Waals surface area (Å²) in [5.74, 6) is -0.0527. The highest BCUT2D eigenvalue weighted by atomic mass is 19.3. The Kier molecular flexibility index (Phi) is 5.44. The number of likely N-dealkylation sites (tertiary alicyclic amines) is 2. The van der Waals surface area contributed by atoms with Crippen LogP contribution in [0.2, 0.25) is 0 Å². The maximum atomic E-state index is 12.8. The summed E-state index contributed by atoms with van der Waals surface area (Å²) in [5.41, 5.74) is 1.44. The first-order valence-corrected chi connectivity index (χ1v) is 9.01. The van der Waals surface area contributed by atoms with Crippen LogP contribution in [0.5, 0.6) is 5.75 Å². The molecular weight excluding hydrogens is 342 g/mol.